The first kappa shape index (κ1) is 28.5. The van der Waals surface area contributed by atoms with Crippen molar-refractivity contribution in [3.8, 4) is 0 Å². The van der Waals surface area contributed by atoms with Crippen molar-refractivity contribution in [1.29, 1.82) is 0 Å². The number of Topliss-reactive ketones (excluding diaryl/α,β-unsaturated/α-hetero) is 1. The highest BCUT2D eigenvalue weighted by molar-refractivity contribution is 6.36. The van der Waals surface area contributed by atoms with Crippen LogP contribution in [0.2, 0.25) is 10.0 Å². The van der Waals surface area contributed by atoms with Crippen LogP contribution in [-0.4, -0.2) is 61.2 Å². The first-order valence-electron chi connectivity index (χ1n) is 11.3. The van der Waals surface area contributed by atoms with Gasteiger partial charge in [-0.3, -0.25) is 14.4 Å². The third-order valence-electron chi connectivity index (χ3n) is 5.33. The Labute approximate surface area is 227 Å². The molecule has 3 rings (SSSR count). The number of nitrogens with zero attached hydrogens (tertiary/aromatic N) is 4. The number of carboxylic acids is 1. The van der Waals surface area contributed by atoms with Crippen molar-refractivity contribution in [2.45, 2.75) is 45.0 Å². The molecule has 3 aromatic rings. The number of amides is 2. The molecule has 2 aromatic carbocycles. The zero-order valence-electron chi connectivity index (χ0n) is 20.1. The number of carbonyl (C=O) groups excluding carboxylic acids is 3. The van der Waals surface area contributed by atoms with E-state index in [0.717, 1.165) is 5.56 Å². The Balaban J connectivity index is 1.61. The molecule has 2 atom stereocenters. The lowest BCUT2D eigenvalue weighted by atomic mass is 10.1. The summed E-state index contributed by atoms with van der Waals surface area (Å²) in [6.07, 6.45) is -1.43. The van der Waals surface area contributed by atoms with Gasteiger partial charge in [0.1, 0.15) is 19.2 Å². The predicted molar refractivity (Wildman–Crippen MR) is 136 cm³/mol. The first-order valence-corrected chi connectivity index (χ1v) is 12.1. The van der Waals surface area contributed by atoms with E-state index in [4.69, 9.17) is 27.9 Å². The van der Waals surface area contributed by atoms with E-state index in [2.05, 4.69) is 26.2 Å². The number of alkyl carbamates (subject to hydrolysis) is 1. The summed E-state index contributed by atoms with van der Waals surface area (Å²) in [5.74, 6) is -2.50. The van der Waals surface area contributed by atoms with E-state index >= 15 is 0 Å². The number of nitrogens with one attached hydrogen (secondary N) is 2. The van der Waals surface area contributed by atoms with Crippen LogP contribution in [0.1, 0.15) is 30.3 Å². The zero-order valence-corrected chi connectivity index (χ0v) is 21.6. The van der Waals surface area contributed by atoms with Gasteiger partial charge >= 0.3 is 12.1 Å². The van der Waals surface area contributed by atoms with Crippen LogP contribution in [-0.2, 0) is 38.7 Å². The summed E-state index contributed by atoms with van der Waals surface area (Å²) in [5.41, 5.74) is 1.31. The molecule has 14 heteroatoms. The molecular formula is C24H24Cl2N6O6. The van der Waals surface area contributed by atoms with Gasteiger partial charge < -0.3 is 20.5 Å². The van der Waals surface area contributed by atoms with Crippen LogP contribution < -0.4 is 10.6 Å². The van der Waals surface area contributed by atoms with Crippen molar-refractivity contribution < 1.29 is 29.0 Å². The van der Waals surface area contributed by atoms with Crippen LogP contribution in [0.3, 0.4) is 0 Å². The Kier molecular flexibility index (Phi) is 10.1. The topological polar surface area (TPSA) is 165 Å². The highest BCUT2D eigenvalue weighted by atomic mass is 35.5. The number of halogens is 2. The van der Waals surface area contributed by atoms with Crippen molar-refractivity contribution >= 4 is 47.0 Å². The lowest BCUT2D eigenvalue weighted by Crippen LogP contribution is -2.51. The maximum atomic E-state index is 13.0. The van der Waals surface area contributed by atoms with E-state index in [9.17, 15) is 24.3 Å². The number of carboxylic acid groups (broad SMARTS) is 1. The van der Waals surface area contributed by atoms with E-state index < -0.39 is 48.8 Å². The van der Waals surface area contributed by atoms with Crippen molar-refractivity contribution in [3.05, 3.63) is 75.5 Å². The molecule has 200 valence electrons. The second kappa shape index (κ2) is 13.5. The quantitative estimate of drug-likeness (QED) is 0.300. The highest BCUT2D eigenvalue weighted by Crippen LogP contribution is 2.26. The third kappa shape index (κ3) is 8.25. The van der Waals surface area contributed by atoms with Crippen LogP contribution in [0.5, 0.6) is 0 Å². The molecule has 1 heterocycles. The summed E-state index contributed by atoms with van der Waals surface area (Å²) < 4.78 is 6.25. The molecule has 0 fully saturated rings. The van der Waals surface area contributed by atoms with Crippen LogP contribution in [0.25, 0.3) is 0 Å². The molecule has 0 spiro atoms. The molecule has 0 bridgehead atoms. The molecule has 0 aliphatic heterocycles. The van der Waals surface area contributed by atoms with E-state index in [-0.39, 0.29) is 18.9 Å². The van der Waals surface area contributed by atoms with Gasteiger partial charge in [-0.1, -0.05) is 59.6 Å². The Bertz CT molecular complexity index is 1280. The summed E-state index contributed by atoms with van der Waals surface area (Å²) in [6, 6.07) is 11.4. The van der Waals surface area contributed by atoms with Gasteiger partial charge in [-0.15, -0.1) is 5.10 Å². The van der Waals surface area contributed by atoms with Crippen LogP contribution in [0, 0.1) is 0 Å². The molecule has 2 unspecified atom stereocenters. The minimum atomic E-state index is -1.41. The molecule has 12 nitrogen and oxygen atoms in total. The minimum absolute atomic E-state index is 0.00514. The monoisotopic (exact) mass is 562 g/mol. The summed E-state index contributed by atoms with van der Waals surface area (Å²) in [4.78, 5) is 49.0. The summed E-state index contributed by atoms with van der Waals surface area (Å²) in [6.45, 7) is 0.937. The standard InChI is InChI=1S/C24H24Cl2N6O6/c1-14(27-24(37)38-13-15-6-3-2-4-7-15)23(36)28-19(11-22(34)35)20(33)12-32-21(29-30-31-32)10-16-17(25)8-5-9-18(16)26/h2-9,14,19H,10-13H2,1H3,(H,27,37)(H,28,36)(H,34,35). The maximum Gasteiger partial charge on any atom is 0.408 e. The van der Waals surface area contributed by atoms with Gasteiger partial charge in [0.05, 0.1) is 12.5 Å². The second-order valence-electron chi connectivity index (χ2n) is 8.18. The molecular weight excluding hydrogens is 539 g/mol. The van der Waals surface area contributed by atoms with Crippen LogP contribution in [0.4, 0.5) is 4.79 Å². The van der Waals surface area contributed by atoms with E-state index in [1.807, 2.05) is 6.07 Å². The molecule has 0 saturated carbocycles. The number of carbonyl (C=O) groups is 4. The fraction of sp³-hybridized carbons (Fsp3) is 0.292. The van der Waals surface area contributed by atoms with Gasteiger partial charge in [0, 0.05) is 16.5 Å². The van der Waals surface area contributed by atoms with Gasteiger partial charge in [-0.2, -0.15) is 0 Å². The average Bonchev–Trinajstić information content (AvgIpc) is 3.31. The van der Waals surface area contributed by atoms with Crippen molar-refractivity contribution in [1.82, 2.24) is 30.8 Å². The maximum absolute atomic E-state index is 13.0. The predicted octanol–water partition coefficient (Wildman–Crippen LogP) is 2.41. The highest BCUT2D eigenvalue weighted by Gasteiger charge is 2.28. The fourth-order valence-electron chi connectivity index (χ4n) is 3.31. The van der Waals surface area contributed by atoms with Gasteiger partial charge in [-0.05, 0) is 40.6 Å². The van der Waals surface area contributed by atoms with Crippen molar-refractivity contribution in [3.63, 3.8) is 0 Å². The fourth-order valence-corrected chi connectivity index (χ4v) is 3.84. The Morgan fingerprint density at radius 3 is 2.37 bits per heavy atom. The number of ketones is 1. The van der Waals surface area contributed by atoms with Crippen molar-refractivity contribution in [2.75, 3.05) is 0 Å². The van der Waals surface area contributed by atoms with Crippen LogP contribution in [0.15, 0.2) is 48.5 Å². The number of aliphatic carboxylic acids is 1. The number of ether oxygens (including phenoxy) is 1. The van der Waals surface area contributed by atoms with E-state index in [1.165, 1.54) is 11.6 Å². The number of hydrogen-bond donors (Lipinski definition) is 3. The van der Waals surface area contributed by atoms with E-state index in [1.54, 1.807) is 42.5 Å². The van der Waals surface area contributed by atoms with Gasteiger partial charge in [0.15, 0.2) is 11.6 Å². The van der Waals surface area contributed by atoms with E-state index in [0.29, 0.717) is 15.6 Å². The Morgan fingerprint density at radius 1 is 1.03 bits per heavy atom. The number of tetrazole rings is 1. The molecule has 3 N–H and O–H groups in total. The molecule has 0 radical (unpaired) electrons. The number of benzene rings is 2. The van der Waals surface area contributed by atoms with Gasteiger partial charge in [0.2, 0.25) is 5.91 Å². The molecule has 0 aliphatic rings. The van der Waals surface area contributed by atoms with Crippen LogP contribution >= 0.6 is 23.2 Å². The summed E-state index contributed by atoms with van der Waals surface area (Å²) >= 11 is 12.4. The Morgan fingerprint density at radius 2 is 1.71 bits per heavy atom. The Hall–Kier alpha value is -4.03. The zero-order chi connectivity index (χ0) is 27.7. The SMILES string of the molecule is CC(NC(=O)OCc1ccccc1)C(=O)NC(CC(=O)O)C(=O)Cn1nnnc1Cc1c(Cl)cccc1Cl. The summed E-state index contributed by atoms with van der Waals surface area (Å²) in [5, 5.41) is 26.0. The smallest absolute Gasteiger partial charge is 0.408 e. The largest absolute Gasteiger partial charge is 0.481 e. The number of rotatable bonds is 12. The third-order valence-corrected chi connectivity index (χ3v) is 6.04. The number of aromatic nitrogens is 4. The normalized spacial score (nSPS) is 12.3. The molecule has 1 aromatic heterocycles. The molecule has 38 heavy (non-hydrogen) atoms. The van der Waals surface area contributed by atoms with Crippen molar-refractivity contribution in [2.24, 2.45) is 0 Å². The van der Waals surface area contributed by atoms with Gasteiger partial charge in [-0.25, -0.2) is 9.48 Å². The lowest BCUT2D eigenvalue weighted by Gasteiger charge is -2.20. The lowest BCUT2D eigenvalue weighted by molar-refractivity contribution is -0.140. The molecule has 0 saturated heterocycles. The average molecular weight is 563 g/mol. The molecule has 2 amide bonds. The first-order chi connectivity index (χ1) is 18.1. The second-order valence-corrected chi connectivity index (χ2v) is 9.00. The molecule has 0 aliphatic carbocycles. The minimum Gasteiger partial charge on any atom is -0.481 e. The number of hydrogen-bond acceptors (Lipinski definition) is 8. The summed E-state index contributed by atoms with van der Waals surface area (Å²) in [7, 11) is 0. The van der Waals surface area contributed by atoms with Gasteiger partial charge in [0.25, 0.3) is 0 Å².